The van der Waals surface area contributed by atoms with Crippen LogP contribution in [-0.2, 0) is 16.2 Å². The van der Waals surface area contributed by atoms with E-state index in [2.05, 4.69) is 27.5 Å². The maximum absolute atomic E-state index is 13.1. The number of hydrogen-bond donors (Lipinski definition) is 0. The van der Waals surface area contributed by atoms with Crippen molar-refractivity contribution in [2.75, 3.05) is 44.7 Å². The molecule has 10 heteroatoms. The minimum Gasteiger partial charge on any atom is -0.493 e. The summed E-state index contributed by atoms with van der Waals surface area (Å²) in [5, 5.41) is -0.447. The lowest BCUT2D eigenvalue weighted by atomic mass is 10.1. The Kier molecular flexibility index (Phi) is 8.95. The van der Waals surface area contributed by atoms with Gasteiger partial charge < -0.3 is 19.3 Å². The molecule has 3 aromatic carbocycles. The molecular weight excluding hydrogens is 641 g/mol. The van der Waals surface area contributed by atoms with Crippen LogP contribution in [0.1, 0.15) is 11.1 Å². The Morgan fingerprint density at radius 2 is 1.68 bits per heavy atom. The van der Waals surface area contributed by atoms with Gasteiger partial charge in [-0.2, -0.15) is 0 Å². The summed E-state index contributed by atoms with van der Waals surface area (Å²) in [6.07, 6.45) is 1.64. The highest BCUT2D eigenvalue weighted by molar-refractivity contribution is 14.1. The van der Waals surface area contributed by atoms with E-state index in [0.717, 1.165) is 31.5 Å². The molecule has 2 heterocycles. The fraction of sp³-hybridized carbons (Fsp3) is 0.233. The van der Waals surface area contributed by atoms with Crippen LogP contribution in [0.5, 0.6) is 11.5 Å². The van der Waals surface area contributed by atoms with Crippen molar-refractivity contribution in [2.45, 2.75) is 6.61 Å². The highest BCUT2D eigenvalue weighted by Gasteiger charge is 2.37. The number of benzene rings is 3. The van der Waals surface area contributed by atoms with Crippen LogP contribution in [-0.4, -0.2) is 66.7 Å². The highest BCUT2D eigenvalue weighted by Crippen LogP contribution is 2.35. The fourth-order valence-corrected chi connectivity index (χ4v) is 5.71. The molecule has 0 aromatic heterocycles. The first-order valence-corrected chi connectivity index (χ1v) is 14.7. The van der Waals surface area contributed by atoms with Crippen molar-refractivity contribution in [1.82, 2.24) is 9.80 Å². The number of rotatable bonds is 8. The Balaban J connectivity index is 1.19. The van der Waals surface area contributed by atoms with E-state index in [4.69, 9.17) is 9.47 Å². The molecule has 8 nitrogen and oxygen atoms in total. The van der Waals surface area contributed by atoms with Crippen molar-refractivity contribution in [3.8, 4) is 11.5 Å². The Labute approximate surface area is 251 Å². The first-order chi connectivity index (χ1) is 19.4. The van der Waals surface area contributed by atoms with Crippen LogP contribution in [0.15, 0.2) is 77.7 Å². The molecule has 0 atom stereocenters. The van der Waals surface area contributed by atoms with Crippen molar-refractivity contribution >= 4 is 63.2 Å². The van der Waals surface area contributed by atoms with Gasteiger partial charge in [0, 0.05) is 35.4 Å². The molecule has 3 amide bonds. The monoisotopic (exact) mass is 669 g/mol. The molecule has 0 bridgehead atoms. The topological polar surface area (TPSA) is 79.4 Å². The third kappa shape index (κ3) is 6.61. The summed E-state index contributed by atoms with van der Waals surface area (Å²) in [6.45, 7) is 2.60. The van der Waals surface area contributed by atoms with Crippen LogP contribution in [0.25, 0.3) is 6.08 Å². The zero-order chi connectivity index (χ0) is 28.1. The zero-order valence-corrected chi connectivity index (χ0v) is 24.9. The van der Waals surface area contributed by atoms with Gasteiger partial charge >= 0.3 is 0 Å². The Morgan fingerprint density at radius 1 is 0.950 bits per heavy atom. The number of hydrogen-bond acceptors (Lipinski definition) is 7. The largest absolute Gasteiger partial charge is 0.493 e. The second kappa shape index (κ2) is 12.8. The molecule has 2 aliphatic heterocycles. The maximum Gasteiger partial charge on any atom is 0.294 e. The number of carbonyl (C=O) groups excluding carboxylic acids is 3. The molecule has 5 rings (SSSR count). The van der Waals surface area contributed by atoms with Crippen LogP contribution in [0.3, 0.4) is 0 Å². The molecule has 0 radical (unpaired) electrons. The molecule has 2 saturated heterocycles. The van der Waals surface area contributed by atoms with Gasteiger partial charge in [0.05, 0.1) is 12.0 Å². The average Bonchev–Trinajstić information content (AvgIpc) is 3.24. The van der Waals surface area contributed by atoms with E-state index >= 15 is 0 Å². The predicted molar refractivity (Wildman–Crippen MR) is 164 cm³/mol. The van der Waals surface area contributed by atoms with E-state index in [1.165, 1.54) is 0 Å². The fourth-order valence-electron chi connectivity index (χ4n) is 4.51. The first kappa shape index (κ1) is 28.0. The normalized spacial score (nSPS) is 16.6. The number of imide groups is 1. The minimum absolute atomic E-state index is 0.229. The predicted octanol–water partition coefficient (Wildman–Crippen LogP) is 5.26. The van der Waals surface area contributed by atoms with Gasteiger partial charge in [0.2, 0.25) is 5.91 Å². The number of amides is 3. The van der Waals surface area contributed by atoms with E-state index in [1.54, 1.807) is 36.3 Å². The number of ether oxygens (including phenoxy) is 2. The molecular formula is C30H28IN3O5S. The summed E-state index contributed by atoms with van der Waals surface area (Å²) < 4.78 is 12.6. The summed E-state index contributed by atoms with van der Waals surface area (Å²) in [4.78, 5) is 43.9. The maximum atomic E-state index is 13.1. The molecule has 0 unspecified atom stereocenters. The summed E-state index contributed by atoms with van der Waals surface area (Å²) >= 11 is 3.09. The molecule has 3 aromatic rings. The zero-order valence-electron chi connectivity index (χ0n) is 21.9. The lowest BCUT2D eigenvalue weighted by Gasteiger charge is -2.36. The van der Waals surface area contributed by atoms with Crippen molar-refractivity contribution < 1.29 is 23.9 Å². The molecule has 0 aliphatic carbocycles. The minimum atomic E-state index is -0.468. The number of methoxy groups -OCH3 is 1. The van der Waals surface area contributed by atoms with Crippen LogP contribution < -0.4 is 14.4 Å². The smallest absolute Gasteiger partial charge is 0.294 e. The number of thioether (sulfide) groups is 1. The summed E-state index contributed by atoms with van der Waals surface area (Å²) in [6, 6.07) is 23.4. The Hall–Kier alpha value is -3.51. The van der Waals surface area contributed by atoms with Gasteiger partial charge in [0.15, 0.2) is 11.5 Å². The Bertz CT molecular complexity index is 1420. The van der Waals surface area contributed by atoms with Crippen molar-refractivity contribution in [1.29, 1.82) is 0 Å². The van der Waals surface area contributed by atoms with Gasteiger partial charge in [0.25, 0.3) is 11.1 Å². The summed E-state index contributed by atoms with van der Waals surface area (Å²) in [5.41, 5.74) is 2.84. The second-order valence-electron chi connectivity index (χ2n) is 9.30. The highest BCUT2D eigenvalue weighted by atomic mass is 127. The van der Waals surface area contributed by atoms with Crippen LogP contribution in [0.2, 0.25) is 0 Å². The summed E-state index contributed by atoms with van der Waals surface area (Å²) in [5.74, 6) is 0.393. The third-order valence-corrected chi connectivity index (χ3v) is 8.34. The molecule has 206 valence electrons. The number of piperazine rings is 1. The standard InChI is InChI=1S/C30H28IN3O5S/c1-38-26-17-22(9-12-25(26)39-20-21-7-10-23(31)11-8-21)18-27-29(36)34(30(37)40-27)19-28(35)33-15-13-32(14-16-33)24-5-3-2-4-6-24/h2-12,17-18H,13-16,19-20H2,1H3/b27-18-. The lowest BCUT2D eigenvalue weighted by Crippen LogP contribution is -2.51. The molecule has 0 saturated carbocycles. The van der Waals surface area contributed by atoms with Crippen molar-refractivity contribution in [3.63, 3.8) is 0 Å². The van der Waals surface area contributed by atoms with E-state index in [1.807, 2.05) is 54.6 Å². The Morgan fingerprint density at radius 3 is 2.38 bits per heavy atom. The number of anilines is 1. The van der Waals surface area contributed by atoms with Gasteiger partial charge in [-0.1, -0.05) is 36.4 Å². The number of para-hydroxylation sites is 1. The van der Waals surface area contributed by atoms with E-state index < -0.39 is 11.1 Å². The number of nitrogens with zero attached hydrogens (tertiary/aromatic N) is 3. The van der Waals surface area contributed by atoms with E-state index in [0.29, 0.717) is 49.8 Å². The molecule has 40 heavy (non-hydrogen) atoms. The number of halogens is 1. The first-order valence-electron chi connectivity index (χ1n) is 12.8. The van der Waals surface area contributed by atoms with Crippen LogP contribution in [0.4, 0.5) is 10.5 Å². The van der Waals surface area contributed by atoms with Gasteiger partial charge in [-0.25, -0.2) is 0 Å². The molecule has 0 spiro atoms. The van der Waals surface area contributed by atoms with Crippen LogP contribution in [0, 0.1) is 3.57 Å². The van der Waals surface area contributed by atoms with E-state index in [9.17, 15) is 14.4 Å². The van der Waals surface area contributed by atoms with E-state index in [-0.39, 0.29) is 17.4 Å². The summed E-state index contributed by atoms with van der Waals surface area (Å²) in [7, 11) is 1.55. The van der Waals surface area contributed by atoms with Gasteiger partial charge in [-0.3, -0.25) is 19.3 Å². The molecule has 2 fully saturated rings. The second-order valence-corrected chi connectivity index (χ2v) is 11.5. The van der Waals surface area contributed by atoms with Crippen molar-refractivity contribution in [3.05, 3.63) is 92.4 Å². The van der Waals surface area contributed by atoms with Crippen LogP contribution >= 0.6 is 34.4 Å². The SMILES string of the molecule is COc1cc(/C=C2\SC(=O)N(CC(=O)N3CCN(c4ccccc4)CC3)C2=O)ccc1OCc1ccc(I)cc1. The van der Waals surface area contributed by atoms with Gasteiger partial charge in [0.1, 0.15) is 13.2 Å². The van der Waals surface area contributed by atoms with Gasteiger partial charge in [-0.05, 0) is 88.0 Å². The molecule has 0 N–H and O–H groups in total. The van der Waals surface area contributed by atoms with Crippen molar-refractivity contribution in [2.24, 2.45) is 0 Å². The average molecular weight is 670 g/mol. The molecule has 2 aliphatic rings. The number of carbonyl (C=O) groups is 3. The van der Waals surface area contributed by atoms with Gasteiger partial charge in [-0.15, -0.1) is 0 Å². The third-order valence-electron chi connectivity index (χ3n) is 6.71. The lowest BCUT2D eigenvalue weighted by molar-refractivity contribution is -0.136. The quantitative estimate of drug-likeness (QED) is 0.239.